The minimum atomic E-state index is -3.32. The van der Waals surface area contributed by atoms with Crippen LogP contribution in [0.3, 0.4) is 0 Å². The van der Waals surface area contributed by atoms with Crippen LogP contribution < -0.4 is 4.72 Å². The molecule has 1 aliphatic rings. The van der Waals surface area contributed by atoms with E-state index < -0.39 is 10.0 Å². The molecule has 0 aromatic carbocycles. The highest BCUT2D eigenvalue weighted by atomic mass is 32.2. The van der Waals surface area contributed by atoms with Crippen molar-refractivity contribution in [1.29, 1.82) is 0 Å². The molecule has 23 heavy (non-hydrogen) atoms. The SMILES string of the molecule is Cc1cc(C(=O)N2Cc3ccnn3[C@H](CNS(C)(=O)=O)C2)on1. The van der Waals surface area contributed by atoms with Gasteiger partial charge in [0.25, 0.3) is 5.91 Å². The molecule has 124 valence electrons. The number of rotatable bonds is 4. The minimum Gasteiger partial charge on any atom is -0.351 e. The lowest BCUT2D eigenvalue weighted by molar-refractivity contribution is 0.0629. The molecule has 0 fully saturated rings. The number of fused-ring (bicyclic) bond motifs is 1. The lowest BCUT2D eigenvalue weighted by Crippen LogP contribution is -2.45. The van der Waals surface area contributed by atoms with Gasteiger partial charge in [-0.05, 0) is 13.0 Å². The number of carbonyl (C=O) groups excluding carboxylic acids is 1. The molecule has 0 aliphatic carbocycles. The highest BCUT2D eigenvalue weighted by molar-refractivity contribution is 7.88. The van der Waals surface area contributed by atoms with Gasteiger partial charge in [-0.3, -0.25) is 9.48 Å². The van der Waals surface area contributed by atoms with Crippen LogP contribution in [0.2, 0.25) is 0 Å². The van der Waals surface area contributed by atoms with Gasteiger partial charge < -0.3 is 9.42 Å². The maximum atomic E-state index is 12.5. The molecule has 0 unspecified atom stereocenters. The molecule has 2 aromatic heterocycles. The number of sulfonamides is 1. The highest BCUT2D eigenvalue weighted by Gasteiger charge is 2.31. The molecule has 9 nitrogen and oxygen atoms in total. The zero-order valence-electron chi connectivity index (χ0n) is 12.8. The molecule has 0 saturated heterocycles. The first kappa shape index (κ1) is 15.7. The fourth-order valence-electron chi connectivity index (χ4n) is 2.56. The third-order valence-electron chi connectivity index (χ3n) is 3.59. The summed E-state index contributed by atoms with van der Waals surface area (Å²) in [6.07, 6.45) is 2.73. The first-order valence-electron chi connectivity index (χ1n) is 7.03. The van der Waals surface area contributed by atoms with Gasteiger partial charge in [0.05, 0.1) is 30.2 Å². The summed E-state index contributed by atoms with van der Waals surface area (Å²) in [7, 11) is -3.32. The predicted molar refractivity (Wildman–Crippen MR) is 80.1 cm³/mol. The highest BCUT2D eigenvalue weighted by Crippen LogP contribution is 2.22. The van der Waals surface area contributed by atoms with E-state index in [9.17, 15) is 13.2 Å². The zero-order chi connectivity index (χ0) is 16.6. The van der Waals surface area contributed by atoms with Gasteiger partial charge in [0.15, 0.2) is 0 Å². The van der Waals surface area contributed by atoms with Crippen molar-refractivity contribution in [2.24, 2.45) is 0 Å². The average molecular weight is 339 g/mol. The van der Waals surface area contributed by atoms with Crippen molar-refractivity contribution in [1.82, 2.24) is 24.6 Å². The Hall–Kier alpha value is -2.20. The second-order valence-corrected chi connectivity index (χ2v) is 7.39. The molecule has 2 aromatic rings. The lowest BCUT2D eigenvalue weighted by atomic mass is 10.2. The van der Waals surface area contributed by atoms with Crippen LogP contribution >= 0.6 is 0 Å². The number of nitrogens with zero attached hydrogens (tertiary/aromatic N) is 4. The summed E-state index contributed by atoms with van der Waals surface area (Å²) in [6, 6.07) is 3.10. The summed E-state index contributed by atoms with van der Waals surface area (Å²) in [5.74, 6) is -0.104. The molecular formula is C13H17N5O4S. The molecule has 0 spiro atoms. The monoisotopic (exact) mass is 339 g/mol. The number of aryl methyl sites for hydroxylation is 1. The third kappa shape index (κ3) is 3.42. The summed E-state index contributed by atoms with van der Waals surface area (Å²) >= 11 is 0. The van der Waals surface area contributed by atoms with E-state index >= 15 is 0 Å². The Kier molecular flexibility index (Phi) is 3.94. The fourth-order valence-corrected chi connectivity index (χ4v) is 3.06. The van der Waals surface area contributed by atoms with Gasteiger partial charge in [-0.2, -0.15) is 5.10 Å². The predicted octanol–water partition coefficient (Wildman–Crippen LogP) is -0.0742. The fraction of sp³-hybridized carbons (Fsp3) is 0.462. The third-order valence-corrected chi connectivity index (χ3v) is 4.28. The van der Waals surface area contributed by atoms with Gasteiger partial charge in [-0.1, -0.05) is 5.16 Å². The van der Waals surface area contributed by atoms with Gasteiger partial charge in [0, 0.05) is 25.4 Å². The van der Waals surface area contributed by atoms with E-state index in [2.05, 4.69) is 15.0 Å². The van der Waals surface area contributed by atoms with Crippen LogP contribution in [0.15, 0.2) is 22.9 Å². The summed E-state index contributed by atoms with van der Waals surface area (Å²) in [5.41, 5.74) is 1.46. The van der Waals surface area contributed by atoms with E-state index in [0.29, 0.717) is 18.8 Å². The standard InChI is InChI=1S/C13H17N5O4S/c1-9-5-12(22-16-9)13(19)17-7-10-3-4-14-18(10)11(8-17)6-15-23(2,20)21/h3-5,11,15H,6-8H2,1-2H3/t11-/m1/s1. The number of hydrogen-bond acceptors (Lipinski definition) is 6. The second kappa shape index (κ2) is 5.78. The van der Waals surface area contributed by atoms with Crippen LogP contribution in [0.1, 0.15) is 28.0 Å². The molecule has 3 heterocycles. The Morgan fingerprint density at radius 3 is 2.96 bits per heavy atom. The van der Waals surface area contributed by atoms with Crippen molar-refractivity contribution in [2.75, 3.05) is 19.3 Å². The summed E-state index contributed by atoms with van der Waals surface area (Å²) < 4.78 is 31.9. The van der Waals surface area contributed by atoms with Gasteiger partial charge >= 0.3 is 0 Å². The molecule has 3 rings (SSSR count). The molecule has 0 saturated carbocycles. The smallest absolute Gasteiger partial charge is 0.292 e. The van der Waals surface area contributed by atoms with Crippen LogP contribution in [-0.4, -0.2) is 53.5 Å². The summed E-state index contributed by atoms with van der Waals surface area (Å²) in [6.45, 7) is 2.61. The van der Waals surface area contributed by atoms with Crippen LogP contribution in [0.4, 0.5) is 0 Å². The molecule has 0 bridgehead atoms. The van der Waals surface area contributed by atoms with Crippen molar-refractivity contribution < 1.29 is 17.7 Å². The number of nitrogens with one attached hydrogen (secondary N) is 1. The molecule has 0 radical (unpaired) electrons. The quantitative estimate of drug-likeness (QED) is 0.834. The van der Waals surface area contributed by atoms with Crippen LogP contribution in [0.5, 0.6) is 0 Å². The largest absolute Gasteiger partial charge is 0.351 e. The van der Waals surface area contributed by atoms with Crippen LogP contribution in [-0.2, 0) is 16.6 Å². The van der Waals surface area contributed by atoms with E-state index in [1.807, 2.05) is 0 Å². The number of hydrogen-bond donors (Lipinski definition) is 1. The minimum absolute atomic E-state index is 0.159. The molecular weight excluding hydrogens is 322 g/mol. The van der Waals surface area contributed by atoms with Crippen molar-refractivity contribution in [3.05, 3.63) is 35.5 Å². The van der Waals surface area contributed by atoms with Crippen molar-refractivity contribution in [3.8, 4) is 0 Å². The maximum absolute atomic E-state index is 12.5. The normalized spacial score (nSPS) is 18.0. The molecule has 1 N–H and O–H groups in total. The van der Waals surface area contributed by atoms with Gasteiger partial charge in [-0.25, -0.2) is 13.1 Å². The van der Waals surface area contributed by atoms with Gasteiger partial charge in [-0.15, -0.1) is 0 Å². The zero-order valence-corrected chi connectivity index (χ0v) is 13.6. The van der Waals surface area contributed by atoms with E-state index in [4.69, 9.17) is 4.52 Å². The second-order valence-electron chi connectivity index (χ2n) is 5.56. The Morgan fingerprint density at radius 2 is 2.30 bits per heavy atom. The molecule has 10 heteroatoms. The van der Waals surface area contributed by atoms with Crippen LogP contribution in [0.25, 0.3) is 0 Å². The van der Waals surface area contributed by atoms with E-state index in [1.54, 1.807) is 34.8 Å². The van der Waals surface area contributed by atoms with Crippen molar-refractivity contribution >= 4 is 15.9 Å². The van der Waals surface area contributed by atoms with E-state index in [-0.39, 0.29) is 24.3 Å². The first-order valence-corrected chi connectivity index (χ1v) is 8.92. The van der Waals surface area contributed by atoms with E-state index in [0.717, 1.165) is 11.9 Å². The molecule has 1 aliphatic heterocycles. The molecule has 1 amide bonds. The van der Waals surface area contributed by atoms with E-state index in [1.165, 1.54) is 0 Å². The Bertz CT molecular complexity index is 825. The topological polar surface area (TPSA) is 110 Å². The van der Waals surface area contributed by atoms with Crippen LogP contribution in [0, 0.1) is 6.92 Å². The van der Waals surface area contributed by atoms with Crippen molar-refractivity contribution in [3.63, 3.8) is 0 Å². The average Bonchev–Trinajstić information content (AvgIpc) is 3.11. The van der Waals surface area contributed by atoms with Gasteiger partial charge in [0.2, 0.25) is 15.8 Å². The summed E-state index contributed by atoms with van der Waals surface area (Å²) in [5, 5.41) is 7.94. The van der Waals surface area contributed by atoms with Crippen molar-refractivity contribution in [2.45, 2.75) is 19.5 Å². The first-order chi connectivity index (χ1) is 10.8. The maximum Gasteiger partial charge on any atom is 0.292 e. The Labute approximate surface area is 133 Å². The summed E-state index contributed by atoms with van der Waals surface area (Å²) in [4.78, 5) is 14.1. The number of aromatic nitrogens is 3. The Morgan fingerprint density at radius 1 is 1.52 bits per heavy atom. The van der Waals surface area contributed by atoms with Gasteiger partial charge in [0.1, 0.15) is 0 Å². The number of carbonyl (C=O) groups is 1. The number of amides is 1. The lowest BCUT2D eigenvalue weighted by Gasteiger charge is -2.33. The molecule has 1 atom stereocenters. The Balaban J connectivity index is 1.81.